The summed E-state index contributed by atoms with van der Waals surface area (Å²) in [7, 11) is 0. The van der Waals surface area contributed by atoms with Crippen molar-refractivity contribution in [2.75, 3.05) is 13.1 Å². The Morgan fingerprint density at radius 2 is 1.81 bits per heavy atom. The Bertz CT molecular complexity index is 1040. The molecule has 3 aromatic rings. The molecule has 4 rings (SSSR count). The van der Waals surface area contributed by atoms with Gasteiger partial charge in [0.25, 0.3) is 11.8 Å². The number of thiazole rings is 1. The Labute approximate surface area is 185 Å². The largest absolute Gasteiger partial charge is 0.486 e. The van der Waals surface area contributed by atoms with Gasteiger partial charge < -0.3 is 15.0 Å². The Kier molecular flexibility index (Phi) is 6.62. The number of hydrogen-bond acceptors (Lipinski definition) is 5. The predicted octanol–water partition coefficient (Wildman–Crippen LogP) is 4.07. The molecule has 1 aliphatic heterocycles. The molecule has 1 aliphatic rings. The van der Waals surface area contributed by atoms with Gasteiger partial charge in [-0.3, -0.25) is 9.59 Å². The molecule has 2 heterocycles. The lowest BCUT2D eigenvalue weighted by Crippen LogP contribution is -2.46. The van der Waals surface area contributed by atoms with Gasteiger partial charge in [0.1, 0.15) is 12.4 Å². The highest BCUT2D eigenvalue weighted by atomic mass is 32.1. The lowest BCUT2D eigenvalue weighted by Gasteiger charge is -2.32. The molecule has 7 heteroatoms. The van der Waals surface area contributed by atoms with Gasteiger partial charge in [0, 0.05) is 30.1 Å². The summed E-state index contributed by atoms with van der Waals surface area (Å²) < 4.78 is 5.91. The van der Waals surface area contributed by atoms with Gasteiger partial charge in [0.05, 0.1) is 16.3 Å². The van der Waals surface area contributed by atoms with Crippen molar-refractivity contribution in [1.82, 2.24) is 15.2 Å². The van der Waals surface area contributed by atoms with Gasteiger partial charge >= 0.3 is 0 Å². The number of rotatable bonds is 6. The monoisotopic (exact) mass is 435 g/mol. The number of benzene rings is 2. The van der Waals surface area contributed by atoms with Crippen LogP contribution < -0.4 is 10.1 Å². The molecule has 1 N–H and O–H groups in total. The standard InChI is InChI=1S/C24H25N3O3S/c1-17-25-20(16-31-17)15-30-22-10-6-5-9-21(22)24(29)27-13-11-19(12-14-27)26-23(28)18-7-3-2-4-8-18/h2-10,16,19H,11-15H2,1H3,(H,26,28). The van der Waals surface area contributed by atoms with Crippen LogP contribution in [0.15, 0.2) is 60.0 Å². The summed E-state index contributed by atoms with van der Waals surface area (Å²) in [4.78, 5) is 31.7. The van der Waals surface area contributed by atoms with Gasteiger partial charge in [-0.25, -0.2) is 4.98 Å². The molecule has 0 radical (unpaired) electrons. The fraction of sp³-hybridized carbons (Fsp3) is 0.292. The SMILES string of the molecule is Cc1nc(COc2ccccc2C(=O)N2CCC(NC(=O)c3ccccc3)CC2)cs1. The second-order valence-electron chi connectivity index (χ2n) is 7.55. The zero-order valence-electron chi connectivity index (χ0n) is 17.4. The highest BCUT2D eigenvalue weighted by molar-refractivity contribution is 7.09. The Hall–Kier alpha value is -3.19. The number of hydrogen-bond donors (Lipinski definition) is 1. The van der Waals surface area contributed by atoms with E-state index in [2.05, 4.69) is 10.3 Å². The quantitative estimate of drug-likeness (QED) is 0.634. The number of aryl methyl sites for hydroxylation is 1. The first-order chi connectivity index (χ1) is 15.1. The van der Waals surface area contributed by atoms with Crippen LogP contribution in [-0.2, 0) is 6.61 Å². The van der Waals surface area contributed by atoms with Gasteiger partial charge in [-0.2, -0.15) is 0 Å². The molecule has 6 nitrogen and oxygen atoms in total. The van der Waals surface area contributed by atoms with Gasteiger partial charge in [-0.15, -0.1) is 11.3 Å². The van der Waals surface area contributed by atoms with Crippen molar-refractivity contribution >= 4 is 23.2 Å². The topological polar surface area (TPSA) is 71.5 Å². The second kappa shape index (κ2) is 9.75. The van der Waals surface area contributed by atoms with Crippen LogP contribution in [0.2, 0.25) is 0 Å². The zero-order valence-corrected chi connectivity index (χ0v) is 18.2. The number of ether oxygens (including phenoxy) is 1. The molecule has 1 fully saturated rings. The first kappa shape index (κ1) is 21.1. The molecule has 1 aromatic heterocycles. The van der Waals surface area contributed by atoms with Crippen LogP contribution in [0.3, 0.4) is 0 Å². The van der Waals surface area contributed by atoms with Gasteiger partial charge in [0.2, 0.25) is 0 Å². The maximum atomic E-state index is 13.1. The summed E-state index contributed by atoms with van der Waals surface area (Å²) in [6.07, 6.45) is 1.46. The predicted molar refractivity (Wildman–Crippen MR) is 120 cm³/mol. The summed E-state index contributed by atoms with van der Waals surface area (Å²) in [5.41, 5.74) is 2.07. The fourth-order valence-corrected chi connectivity index (χ4v) is 4.25. The third-order valence-corrected chi connectivity index (χ3v) is 6.14. The highest BCUT2D eigenvalue weighted by Gasteiger charge is 2.26. The molecule has 2 amide bonds. The third-order valence-electron chi connectivity index (χ3n) is 5.31. The van der Waals surface area contributed by atoms with E-state index in [0.717, 1.165) is 23.5 Å². The minimum Gasteiger partial charge on any atom is -0.486 e. The van der Waals surface area contributed by atoms with Crippen LogP contribution in [-0.4, -0.2) is 40.8 Å². The molecule has 0 spiro atoms. The number of carbonyl (C=O) groups excluding carboxylic acids is 2. The van der Waals surface area contributed by atoms with E-state index in [1.165, 1.54) is 0 Å². The summed E-state index contributed by atoms with van der Waals surface area (Å²) in [6.45, 7) is 3.48. The minimum atomic E-state index is -0.0681. The van der Waals surface area contributed by atoms with E-state index in [-0.39, 0.29) is 17.9 Å². The summed E-state index contributed by atoms with van der Waals surface area (Å²) in [5, 5.41) is 6.04. The van der Waals surface area contributed by atoms with Crippen molar-refractivity contribution in [2.45, 2.75) is 32.4 Å². The zero-order chi connectivity index (χ0) is 21.6. The molecule has 31 heavy (non-hydrogen) atoms. The lowest BCUT2D eigenvalue weighted by molar-refractivity contribution is 0.0693. The number of nitrogens with zero attached hydrogens (tertiary/aromatic N) is 2. The molecule has 160 valence electrons. The molecule has 0 saturated carbocycles. The van der Waals surface area contributed by atoms with E-state index >= 15 is 0 Å². The van der Waals surface area contributed by atoms with Crippen LogP contribution in [0, 0.1) is 6.92 Å². The van der Waals surface area contributed by atoms with E-state index in [9.17, 15) is 9.59 Å². The number of carbonyl (C=O) groups is 2. The summed E-state index contributed by atoms with van der Waals surface area (Å²) in [6, 6.07) is 16.6. The van der Waals surface area contributed by atoms with E-state index in [1.807, 2.05) is 53.6 Å². The highest BCUT2D eigenvalue weighted by Crippen LogP contribution is 2.23. The van der Waals surface area contributed by atoms with Gasteiger partial charge in [-0.1, -0.05) is 30.3 Å². The van der Waals surface area contributed by atoms with Crippen molar-refractivity contribution in [1.29, 1.82) is 0 Å². The van der Waals surface area contributed by atoms with Crippen LogP contribution in [0.4, 0.5) is 0 Å². The average molecular weight is 436 g/mol. The number of para-hydroxylation sites is 1. The Balaban J connectivity index is 1.34. The Morgan fingerprint density at radius 1 is 1.10 bits per heavy atom. The van der Waals surface area contributed by atoms with Crippen molar-refractivity contribution < 1.29 is 14.3 Å². The van der Waals surface area contributed by atoms with Crippen LogP contribution in [0.1, 0.15) is 44.3 Å². The second-order valence-corrected chi connectivity index (χ2v) is 8.61. The van der Waals surface area contributed by atoms with Crippen LogP contribution in [0.25, 0.3) is 0 Å². The van der Waals surface area contributed by atoms with Crippen molar-refractivity contribution in [2.24, 2.45) is 0 Å². The van der Waals surface area contributed by atoms with Crippen LogP contribution in [0.5, 0.6) is 5.75 Å². The maximum absolute atomic E-state index is 13.1. The molecule has 1 saturated heterocycles. The number of aromatic nitrogens is 1. The van der Waals surface area contributed by atoms with Crippen molar-refractivity contribution in [3.8, 4) is 5.75 Å². The van der Waals surface area contributed by atoms with E-state index in [1.54, 1.807) is 29.5 Å². The average Bonchev–Trinajstić information content (AvgIpc) is 3.23. The van der Waals surface area contributed by atoms with E-state index < -0.39 is 0 Å². The summed E-state index contributed by atoms with van der Waals surface area (Å²) >= 11 is 1.58. The maximum Gasteiger partial charge on any atom is 0.257 e. The minimum absolute atomic E-state index is 0.0436. The molecular formula is C24H25N3O3S. The van der Waals surface area contributed by atoms with Gasteiger partial charge in [-0.05, 0) is 44.0 Å². The van der Waals surface area contributed by atoms with Gasteiger partial charge in [0.15, 0.2) is 0 Å². The number of likely N-dealkylation sites (tertiary alicyclic amines) is 1. The lowest BCUT2D eigenvalue weighted by atomic mass is 10.0. The Morgan fingerprint density at radius 3 is 2.52 bits per heavy atom. The molecule has 0 atom stereocenters. The first-order valence-corrected chi connectivity index (χ1v) is 11.3. The van der Waals surface area contributed by atoms with Crippen molar-refractivity contribution in [3.63, 3.8) is 0 Å². The number of piperidine rings is 1. The first-order valence-electron chi connectivity index (χ1n) is 10.4. The van der Waals surface area contributed by atoms with E-state index in [4.69, 9.17) is 4.74 Å². The smallest absolute Gasteiger partial charge is 0.257 e. The number of nitrogens with one attached hydrogen (secondary N) is 1. The third kappa shape index (κ3) is 5.30. The molecule has 0 unspecified atom stereocenters. The molecule has 2 aromatic carbocycles. The van der Waals surface area contributed by atoms with Crippen molar-refractivity contribution in [3.05, 3.63) is 81.8 Å². The summed E-state index contributed by atoms with van der Waals surface area (Å²) in [5.74, 6) is 0.456. The molecular weight excluding hydrogens is 410 g/mol. The van der Waals surface area contributed by atoms with Crippen LogP contribution >= 0.6 is 11.3 Å². The normalized spacial score (nSPS) is 14.3. The fourth-order valence-electron chi connectivity index (χ4n) is 3.65. The molecule has 0 bridgehead atoms. The number of amides is 2. The molecule has 0 aliphatic carbocycles. The van der Waals surface area contributed by atoms with E-state index in [0.29, 0.717) is 36.6 Å².